The zero-order valence-electron chi connectivity index (χ0n) is 17.6. The highest BCUT2D eigenvalue weighted by Gasteiger charge is 2.66. The van der Waals surface area contributed by atoms with Gasteiger partial charge in [-0.2, -0.15) is 19.6 Å². The fourth-order valence-electron chi connectivity index (χ4n) is 8.59. The Kier molecular flexibility index (Phi) is 3.97. The molecule has 6 heteroatoms. The van der Waals surface area contributed by atoms with E-state index in [0.717, 1.165) is 77.0 Å². The van der Waals surface area contributed by atoms with E-state index in [0.29, 0.717) is 11.6 Å². The lowest BCUT2D eigenvalue weighted by Gasteiger charge is -2.52. The second kappa shape index (κ2) is 6.37. The average molecular weight is 417 g/mol. The van der Waals surface area contributed by atoms with Crippen molar-refractivity contribution in [1.82, 2.24) is 0 Å². The lowest BCUT2D eigenvalue weighted by atomic mass is 9.78. The van der Waals surface area contributed by atoms with Crippen molar-refractivity contribution in [3.8, 4) is 0 Å². The Bertz CT molecular complexity index is 654. The number of ketones is 2. The second-order valence-corrected chi connectivity index (χ2v) is 11.4. The van der Waals surface area contributed by atoms with Gasteiger partial charge in [-0.25, -0.2) is 0 Å². The zero-order chi connectivity index (χ0) is 20.1. The van der Waals surface area contributed by atoms with Crippen LogP contribution in [-0.2, 0) is 29.1 Å². The molecule has 7 fully saturated rings. The zero-order valence-corrected chi connectivity index (χ0v) is 17.6. The molecule has 30 heavy (non-hydrogen) atoms. The summed E-state index contributed by atoms with van der Waals surface area (Å²) in [6, 6.07) is 0. The Morgan fingerprint density at radius 1 is 0.467 bits per heavy atom. The number of hydrogen-bond donors (Lipinski definition) is 0. The van der Waals surface area contributed by atoms with E-state index in [1.807, 2.05) is 0 Å². The fourth-order valence-corrected chi connectivity index (χ4v) is 8.59. The highest BCUT2D eigenvalue weighted by Crippen LogP contribution is 2.60. The summed E-state index contributed by atoms with van der Waals surface area (Å²) in [4.78, 5) is 51.3. The lowest BCUT2D eigenvalue weighted by Crippen LogP contribution is -2.61. The maximum atomic E-state index is 12.8. The van der Waals surface area contributed by atoms with E-state index < -0.39 is 11.6 Å². The normalized spacial score (nSPS) is 56.9. The summed E-state index contributed by atoms with van der Waals surface area (Å²) >= 11 is 0. The Labute approximate surface area is 177 Å². The van der Waals surface area contributed by atoms with Crippen LogP contribution in [0.15, 0.2) is 0 Å². The summed E-state index contributed by atoms with van der Waals surface area (Å²) in [6.07, 6.45) is 10.8. The second-order valence-electron chi connectivity index (χ2n) is 11.4. The highest BCUT2D eigenvalue weighted by molar-refractivity contribution is 5.84. The molecule has 1 saturated heterocycles. The van der Waals surface area contributed by atoms with Crippen molar-refractivity contribution in [2.24, 2.45) is 47.3 Å². The van der Waals surface area contributed by atoms with Gasteiger partial charge in [0.25, 0.3) is 0 Å². The molecule has 6 saturated carbocycles. The van der Waals surface area contributed by atoms with Gasteiger partial charge >= 0.3 is 0 Å². The minimum atomic E-state index is -0.871. The van der Waals surface area contributed by atoms with Gasteiger partial charge in [-0.3, -0.25) is 9.59 Å². The largest absolute Gasteiger partial charge is 0.299 e. The Balaban J connectivity index is 1.20. The number of carbonyl (C=O) groups is 2. The summed E-state index contributed by atoms with van der Waals surface area (Å²) < 4.78 is 0. The molecule has 1 heterocycles. The molecule has 7 rings (SSSR count). The highest BCUT2D eigenvalue weighted by atomic mass is 17.4. The van der Waals surface area contributed by atoms with Crippen LogP contribution in [0.3, 0.4) is 0 Å². The third-order valence-electron chi connectivity index (χ3n) is 10.2. The molecule has 2 spiro atoms. The van der Waals surface area contributed by atoms with E-state index in [1.54, 1.807) is 0 Å². The first-order valence-electron chi connectivity index (χ1n) is 12.4. The minimum Gasteiger partial charge on any atom is -0.299 e. The van der Waals surface area contributed by atoms with Crippen molar-refractivity contribution in [2.45, 2.75) is 88.6 Å². The van der Waals surface area contributed by atoms with E-state index in [9.17, 15) is 9.59 Å². The van der Waals surface area contributed by atoms with Crippen molar-refractivity contribution in [3.63, 3.8) is 0 Å². The summed E-state index contributed by atoms with van der Waals surface area (Å²) in [6.45, 7) is 0. The van der Waals surface area contributed by atoms with Crippen LogP contribution in [0.4, 0.5) is 0 Å². The van der Waals surface area contributed by atoms with E-state index in [4.69, 9.17) is 19.6 Å². The molecule has 7 aliphatic rings. The number of fused-ring (bicyclic) bond motifs is 12. The van der Waals surface area contributed by atoms with Gasteiger partial charge in [-0.05, 0) is 77.0 Å². The lowest BCUT2D eigenvalue weighted by molar-refractivity contribution is -0.684. The topological polar surface area (TPSA) is 71.1 Å². The van der Waals surface area contributed by atoms with Crippen LogP contribution in [0.25, 0.3) is 0 Å². The molecule has 0 N–H and O–H groups in total. The van der Waals surface area contributed by atoms with Crippen molar-refractivity contribution < 1.29 is 29.1 Å². The third kappa shape index (κ3) is 2.34. The van der Waals surface area contributed by atoms with Gasteiger partial charge in [0.1, 0.15) is 11.6 Å². The van der Waals surface area contributed by atoms with Crippen molar-refractivity contribution in [1.29, 1.82) is 0 Å². The Morgan fingerprint density at radius 2 is 0.733 bits per heavy atom. The Morgan fingerprint density at radius 3 is 1.00 bits per heavy atom. The molecule has 6 nitrogen and oxygen atoms in total. The molecule has 8 unspecified atom stereocenters. The van der Waals surface area contributed by atoms with Gasteiger partial charge in [0.15, 0.2) is 0 Å². The number of Topliss-reactive ketones (excluding diaryl/α,β-unsaturated/α-hetero) is 2. The predicted octanol–water partition coefficient (Wildman–Crippen LogP) is 4.12. The number of rotatable bonds is 0. The fraction of sp³-hybridized carbons (Fsp3) is 0.917. The van der Waals surface area contributed by atoms with Crippen LogP contribution in [-0.4, -0.2) is 23.1 Å². The summed E-state index contributed by atoms with van der Waals surface area (Å²) in [5.74, 6) is 0.404. The van der Waals surface area contributed by atoms with Gasteiger partial charge in [-0.1, -0.05) is 0 Å². The third-order valence-corrected chi connectivity index (χ3v) is 10.2. The molecule has 8 atom stereocenters. The molecular weight excluding hydrogens is 384 g/mol. The molecule has 0 radical (unpaired) electrons. The molecule has 0 amide bonds. The van der Waals surface area contributed by atoms with Gasteiger partial charge in [-0.15, -0.1) is 0 Å². The van der Waals surface area contributed by atoms with Gasteiger partial charge in [0, 0.05) is 47.3 Å². The van der Waals surface area contributed by atoms with Crippen LogP contribution >= 0.6 is 0 Å². The molecule has 0 aromatic carbocycles. The van der Waals surface area contributed by atoms with E-state index in [-0.39, 0.29) is 47.3 Å². The first kappa shape index (κ1) is 18.7. The van der Waals surface area contributed by atoms with E-state index in [1.165, 1.54) is 0 Å². The molecule has 1 aliphatic heterocycles. The van der Waals surface area contributed by atoms with Gasteiger partial charge in [0.05, 0.1) is 0 Å². The van der Waals surface area contributed by atoms with Gasteiger partial charge in [0.2, 0.25) is 11.6 Å². The summed E-state index contributed by atoms with van der Waals surface area (Å²) in [5, 5.41) is 0. The standard InChI is InChI=1S/C24H32O6/c25-21-13-1-5-17(9-13)23(18-6-2-14(21)10-18)27-29-24(30-28-23)19-7-3-15(11-19)22(26)16-4-8-20(24)12-16/h13-20H,1-12H2. The first-order valence-corrected chi connectivity index (χ1v) is 12.4. The SMILES string of the molecule is O=C1C2CCC(C2)C2(OOC3(OO2)C2CCC(C2)C(=O)C2CCC3C2)C2CCC1C2. The van der Waals surface area contributed by atoms with Crippen LogP contribution in [0.1, 0.15) is 77.0 Å². The average Bonchev–Trinajstić information content (AvgIpc) is 3.57. The quantitative estimate of drug-likeness (QED) is 0.553. The van der Waals surface area contributed by atoms with Crippen molar-refractivity contribution in [3.05, 3.63) is 0 Å². The van der Waals surface area contributed by atoms with E-state index >= 15 is 0 Å². The monoisotopic (exact) mass is 416 g/mol. The molecule has 6 aliphatic carbocycles. The van der Waals surface area contributed by atoms with Crippen LogP contribution in [0.5, 0.6) is 0 Å². The smallest absolute Gasteiger partial charge is 0.239 e. The number of carbonyl (C=O) groups excluding carboxylic acids is 2. The predicted molar refractivity (Wildman–Crippen MR) is 103 cm³/mol. The van der Waals surface area contributed by atoms with Crippen LogP contribution in [0, 0.1) is 47.3 Å². The van der Waals surface area contributed by atoms with Gasteiger partial charge < -0.3 is 0 Å². The number of hydrogen-bond acceptors (Lipinski definition) is 6. The molecule has 8 bridgehead atoms. The van der Waals surface area contributed by atoms with Crippen LogP contribution < -0.4 is 0 Å². The summed E-state index contributed by atoms with van der Waals surface area (Å²) in [7, 11) is 0. The van der Waals surface area contributed by atoms with Crippen molar-refractivity contribution in [2.75, 3.05) is 0 Å². The Hall–Kier alpha value is -0.820. The van der Waals surface area contributed by atoms with Crippen LogP contribution in [0.2, 0.25) is 0 Å². The molecule has 164 valence electrons. The maximum absolute atomic E-state index is 12.8. The molecule has 0 aromatic rings. The summed E-state index contributed by atoms with van der Waals surface area (Å²) in [5.41, 5.74) is 0. The maximum Gasteiger partial charge on any atom is 0.239 e. The first-order chi connectivity index (χ1) is 14.6. The molecule has 0 aromatic heterocycles. The van der Waals surface area contributed by atoms with E-state index in [2.05, 4.69) is 0 Å². The molecular formula is C24H32O6. The van der Waals surface area contributed by atoms with Crippen molar-refractivity contribution >= 4 is 11.6 Å². The minimum absolute atomic E-state index is 0.149.